The van der Waals surface area contributed by atoms with E-state index in [0.29, 0.717) is 44.4 Å². The molecule has 1 aliphatic rings. The molecule has 0 spiro atoms. The predicted octanol–water partition coefficient (Wildman–Crippen LogP) is 3.57. The van der Waals surface area contributed by atoms with Gasteiger partial charge in [-0.3, -0.25) is 0 Å². The van der Waals surface area contributed by atoms with Crippen LogP contribution in [0.3, 0.4) is 0 Å². The van der Waals surface area contributed by atoms with Crippen LogP contribution in [0.1, 0.15) is 44.8 Å². The van der Waals surface area contributed by atoms with Gasteiger partial charge in [0.1, 0.15) is 0 Å². The van der Waals surface area contributed by atoms with E-state index in [1.54, 1.807) is 7.11 Å². The van der Waals surface area contributed by atoms with Crippen molar-refractivity contribution in [1.82, 2.24) is 15.5 Å². The van der Waals surface area contributed by atoms with Gasteiger partial charge in [0.15, 0.2) is 0 Å². The smallest absolute Gasteiger partial charge is 0.406 e. The maximum absolute atomic E-state index is 12.9. The normalized spacial score (nSPS) is 18.0. The van der Waals surface area contributed by atoms with Crippen LogP contribution in [0.4, 0.5) is 9.59 Å². The van der Waals surface area contributed by atoms with Crippen molar-refractivity contribution < 1.29 is 23.8 Å². The van der Waals surface area contributed by atoms with Crippen LogP contribution in [0.15, 0.2) is 24.3 Å². The van der Waals surface area contributed by atoms with Gasteiger partial charge >= 0.3 is 12.1 Å². The Bertz CT molecular complexity index is 810. The van der Waals surface area contributed by atoms with Crippen LogP contribution in [0.2, 0.25) is 5.02 Å². The molecular weight excluding hydrogens is 472 g/mol. The molecular formula is C25H41ClN4O5. The van der Waals surface area contributed by atoms with Gasteiger partial charge in [-0.1, -0.05) is 37.6 Å². The third-order valence-electron chi connectivity index (χ3n) is 6.07. The minimum absolute atomic E-state index is 0.0562. The molecule has 1 heterocycles. The predicted molar refractivity (Wildman–Crippen MR) is 136 cm³/mol. The quantitative estimate of drug-likeness (QED) is 0.369. The Balaban J connectivity index is 1.97. The van der Waals surface area contributed by atoms with E-state index < -0.39 is 6.09 Å². The Labute approximate surface area is 214 Å². The molecule has 0 aromatic heterocycles. The van der Waals surface area contributed by atoms with Crippen LogP contribution in [-0.4, -0.2) is 76.7 Å². The molecule has 1 aromatic rings. The lowest BCUT2D eigenvalue weighted by molar-refractivity contribution is -0.00850. The fourth-order valence-electron chi connectivity index (χ4n) is 4.60. The number of alkyl carbamates (subject to hydrolysis) is 1. The third-order valence-corrected chi connectivity index (χ3v) is 6.31. The minimum atomic E-state index is -0.503. The number of amides is 3. The second kappa shape index (κ2) is 14.5. The molecule has 9 nitrogen and oxygen atoms in total. The lowest BCUT2D eigenvalue weighted by atomic mass is 9.87. The van der Waals surface area contributed by atoms with Gasteiger partial charge in [0, 0.05) is 50.3 Å². The number of likely N-dealkylation sites (tertiary alicyclic amines) is 1. The lowest BCUT2D eigenvalue weighted by Gasteiger charge is -2.37. The highest BCUT2D eigenvalue weighted by molar-refractivity contribution is 6.30. The number of hydrogen-bond acceptors (Lipinski definition) is 6. The Morgan fingerprint density at radius 1 is 1.29 bits per heavy atom. The number of benzene rings is 1. The zero-order chi connectivity index (χ0) is 25.8. The molecule has 198 valence electrons. The number of nitrogens with one attached hydrogen (secondary N) is 2. The largest absolute Gasteiger partial charge is 0.453 e. The van der Waals surface area contributed by atoms with E-state index in [9.17, 15) is 9.59 Å². The first-order valence-corrected chi connectivity index (χ1v) is 12.5. The minimum Gasteiger partial charge on any atom is -0.453 e. The summed E-state index contributed by atoms with van der Waals surface area (Å²) >= 11 is 6.24. The first-order chi connectivity index (χ1) is 16.6. The van der Waals surface area contributed by atoms with Crippen molar-refractivity contribution >= 4 is 23.7 Å². The zero-order valence-electron chi connectivity index (χ0n) is 21.3. The van der Waals surface area contributed by atoms with Gasteiger partial charge in [-0.15, -0.1) is 0 Å². The molecule has 1 fully saturated rings. The van der Waals surface area contributed by atoms with Crippen molar-refractivity contribution in [1.29, 1.82) is 0 Å². The highest BCUT2D eigenvalue weighted by Crippen LogP contribution is 2.34. The molecule has 3 unspecified atom stereocenters. The van der Waals surface area contributed by atoms with Crippen LogP contribution in [0.25, 0.3) is 0 Å². The van der Waals surface area contributed by atoms with Crippen LogP contribution >= 0.6 is 11.6 Å². The molecule has 1 saturated heterocycles. The molecule has 1 aromatic carbocycles. The second-order valence-corrected chi connectivity index (χ2v) is 10.3. The number of nitrogens with two attached hydrogens (primary N) is 1. The molecule has 0 bridgehead atoms. The summed E-state index contributed by atoms with van der Waals surface area (Å²) in [6.45, 7) is 7.08. The van der Waals surface area contributed by atoms with Crippen molar-refractivity contribution in [2.75, 3.05) is 53.6 Å². The molecule has 0 saturated carbocycles. The van der Waals surface area contributed by atoms with E-state index in [1.165, 1.54) is 7.11 Å². The van der Waals surface area contributed by atoms with Gasteiger partial charge in [-0.05, 0) is 42.4 Å². The summed E-state index contributed by atoms with van der Waals surface area (Å²) in [5.41, 5.74) is 7.17. The number of rotatable bonds is 12. The van der Waals surface area contributed by atoms with Crippen molar-refractivity contribution in [3.05, 3.63) is 34.9 Å². The Morgan fingerprint density at radius 3 is 2.74 bits per heavy atom. The summed E-state index contributed by atoms with van der Waals surface area (Å²) in [6.07, 6.45) is 1.76. The monoisotopic (exact) mass is 512 g/mol. The fourth-order valence-corrected chi connectivity index (χ4v) is 4.80. The molecule has 1 aliphatic heterocycles. The topological polar surface area (TPSA) is 115 Å². The van der Waals surface area contributed by atoms with Gasteiger partial charge in [0.2, 0.25) is 0 Å². The number of nitrogens with zero attached hydrogens (tertiary/aromatic N) is 1. The van der Waals surface area contributed by atoms with E-state index in [-0.39, 0.29) is 29.5 Å². The molecule has 10 heteroatoms. The van der Waals surface area contributed by atoms with Crippen molar-refractivity contribution in [3.8, 4) is 0 Å². The SMILES string of the molecule is COCC(C)(C)CC(N)CNC(=O)N1CCCC(C(OCCNC(=O)OC)c2cccc(Cl)c2)C1. The number of ether oxygens (including phenoxy) is 3. The molecule has 0 radical (unpaired) electrons. The summed E-state index contributed by atoms with van der Waals surface area (Å²) < 4.78 is 16.1. The summed E-state index contributed by atoms with van der Waals surface area (Å²) in [5.74, 6) is 0.0837. The zero-order valence-corrected chi connectivity index (χ0v) is 22.1. The van der Waals surface area contributed by atoms with Crippen molar-refractivity contribution in [2.24, 2.45) is 17.1 Å². The van der Waals surface area contributed by atoms with Crippen molar-refractivity contribution in [3.63, 3.8) is 0 Å². The summed E-state index contributed by atoms with van der Waals surface area (Å²) in [5, 5.41) is 6.24. The Morgan fingerprint density at radius 2 is 2.06 bits per heavy atom. The average Bonchev–Trinajstić information content (AvgIpc) is 2.82. The number of carbonyl (C=O) groups excluding carboxylic acids is 2. The first kappa shape index (κ1) is 29.2. The molecule has 0 aliphatic carbocycles. The number of methoxy groups -OCH3 is 2. The summed E-state index contributed by atoms with van der Waals surface area (Å²) in [7, 11) is 3.00. The fraction of sp³-hybridized carbons (Fsp3) is 0.680. The van der Waals surface area contributed by atoms with Crippen LogP contribution in [0.5, 0.6) is 0 Å². The van der Waals surface area contributed by atoms with E-state index >= 15 is 0 Å². The first-order valence-electron chi connectivity index (χ1n) is 12.1. The van der Waals surface area contributed by atoms with E-state index in [2.05, 4.69) is 29.2 Å². The lowest BCUT2D eigenvalue weighted by Crippen LogP contribution is -2.50. The number of piperidine rings is 1. The van der Waals surface area contributed by atoms with E-state index in [0.717, 1.165) is 24.8 Å². The maximum Gasteiger partial charge on any atom is 0.406 e. The van der Waals surface area contributed by atoms with Gasteiger partial charge in [0.25, 0.3) is 0 Å². The van der Waals surface area contributed by atoms with E-state index in [4.69, 9.17) is 26.8 Å². The number of urea groups is 1. The van der Waals surface area contributed by atoms with E-state index in [1.807, 2.05) is 29.2 Å². The van der Waals surface area contributed by atoms with Gasteiger partial charge in [-0.25, -0.2) is 9.59 Å². The summed E-state index contributed by atoms with van der Waals surface area (Å²) in [6, 6.07) is 7.30. The number of carbonyl (C=O) groups is 2. The average molecular weight is 513 g/mol. The van der Waals surface area contributed by atoms with Crippen LogP contribution in [0, 0.1) is 11.3 Å². The third kappa shape index (κ3) is 10.2. The van der Waals surface area contributed by atoms with Crippen LogP contribution < -0.4 is 16.4 Å². The van der Waals surface area contributed by atoms with Gasteiger partial charge in [0.05, 0.1) is 26.4 Å². The Kier molecular flexibility index (Phi) is 12.1. The molecule has 3 amide bonds. The number of halogens is 1. The van der Waals surface area contributed by atoms with Gasteiger partial charge in [-0.2, -0.15) is 0 Å². The highest BCUT2D eigenvalue weighted by atomic mass is 35.5. The molecule has 4 N–H and O–H groups in total. The maximum atomic E-state index is 12.9. The van der Waals surface area contributed by atoms with Crippen molar-refractivity contribution in [2.45, 2.75) is 45.3 Å². The van der Waals surface area contributed by atoms with Gasteiger partial charge < -0.3 is 35.5 Å². The standard InChI is InChI=1S/C25H41ClN4O5/c1-25(2,17-33-3)14-21(27)15-29-23(31)30-11-6-8-19(16-30)22(18-7-5-9-20(26)13-18)35-12-10-28-24(32)34-4/h5,7,9,13,19,21-22H,6,8,10-12,14-17,27H2,1-4H3,(H,28,32)(H,29,31). The molecule has 2 rings (SSSR count). The Hall–Kier alpha value is -2.07. The number of hydrogen-bond donors (Lipinski definition) is 3. The molecule has 35 heavy (non-hydrogen) atoms. The summed E-state index contributed by atoms with van der Waals surface area (Å²) in [4.78, 5) is 26.1. The van der Waals surface area contributed by atoms with Crippen LogP contribution in [-0.2, 0) is 14.2 Å². The second-order valence-electron chi connectivity index (χ2n) is 9.86. The molecule has 3 atom stereocenters. The highest BCUT2D eigenvalue weighted by Gasteiger charge is 2.31.